The van der Waals surface area contributed by atoms with E-state index in [9.17, 15) is 22.3 Å². The Balaban J connectivity index is 2.79. The van der Waals surface area contributed by atoms with Crippen LogP contribution >= 0.6 is 0 Å². The van der Waals surface area contributed by atoms with Crippen molar-refractivity contribution >= 4 is 28.5 Å². The van der Waals surface area contributed by atoms with Gasteiger partial charge in [0, 0.05) is 18.0 Å². The van der Waals surface area contributed by atoms with Crippen LogP contribution in [0.4, 0.5) is 25.0 Å². The van der Waals surface area contributed by atoms with Gasteiger partial charge >= 0.3 is 6.09 Å². The molecule has 106 valence electrons. The first-order valence-electron chi connectivity index (χ1n) is 5.07. The smallest absolute Gasteiger partial charge is 0.411 e. The average molecular weight is 293 g/mol. The first kappa shape index (κ1) is 15.3. The third-order valence-electron chi connectivity index (χ3n) is 2.04. The second kappa shape index (κ2) is 7.00. The Morgan fingerprint density at radius 2 is 2.00 bits per heavy atom. The number of amides is 1. The Kier molecular flexibility index (Phi) is 5.64. The van der Waals surface area contributed by atoms with Crippen LogP contribution in [-0.4, -0.2) is 34.3 Å². The zero-order chi connectivity index (χ0) is 14.4. The third kappa shape index (κ3) is 4.79. The van der Waals surface area contributed by atoms with Crippen molar-refractivity contribution in [2.45, 2.75) is 0 Å². The van der Waals surface area contributed by atoms with Crippen molar-refractivity contribution in [3.63, 3.8) is 0 Å². The Morgan fingerprint density at radius 3 is 2.47 bits per heavy atom. The lowest BCUT2D eigenvalue weighted by atomic mass is 10.2. The maximum Gasteiger partial charge on any atom is 0.411 e. The number of carbonyl (C=O) groups excluding carboxylic acids is 1. The standard InChI is InChI=1S/C10H12F2N2O4S/c1-18-10(15)14-6-4-7(11)9(8(12)5-6)13-2-3-19(16)17/h4-5,13H,2-3H2,1H3,(H,14,15)(H,16,17)/p-1. The SMILES string of the molecule is COC(=O)Nc1cc(F)c(NCCS(=O)[O-])c(F)c1. The highest BCUT2D eigenvalue weighted by atomic mass is 32.2. The molecule has 0 spiro atoms. The molecule has 1 amide bonds. The Labute approximate surface area is 110 Å². The number of carbonyl (C=O) groups is 1. The van der Waals surface area contributed by atoms with Crippen molar-refractivity contribution in [3.8, 4) is 0 Å². The van der Waals surface area contributed by atoms with E-state index in [1.165, 1.54) is 0 Å². The summed E-state index contributed by atoms with van der Waals surface area (Å²) in [6, 6.07) is 1.77. The molecular formula is C10H11F2N2O4S-. The number of hydrogen-bond donors (Lipinski definition) is 2. The van der Waals surface area contributed by atoms with Gasteiger partial charge in [0.15, 0.2) is 11.6 Å². The van der Waals surface area contributed by atoms with E-state index in [0.29, 0.717) is 0 Å². The van der Waals surface area contributed by atoms with Gasteiger partial charge in [0.1, 0.15) is 5.69 Å². The first-order chi connectivity index (χ1) is 8.93. The van der Waals surface area contributed by atoms with E-state index in [2.05, 4.69) is 15.4 Å². The van der Waals surface area contributed by atoms with E-state index in [0.717, 1.165) is 19.2 Å². The van der Waals surface area contributed by atoms with Crippen LogP contribution in [0.25, 0.3) is 0 Å². The Morgan fingerprint density at radius 1 is 1.42 bits per heavy atom. The van der Waals surface area contributed by atoms with E-state index < -0.39 is 34.5 Å². The number of benzene rings is 1. The van der Waals surface area contributed by atoms with Crippen LogP contribution < -0.4 is 10.6 Å². The predicted molar refractivity (Wildman–Crippen MR) is 64.7 cm³/mol. The molecule has 2 N–H and O–H groups in total. The summed E-state index contributed by atoms with van der Waals surface area (Å²) in [6.45, 7) is -0.131. The lowest BCUT2D eigenvalue weighted by molar-refractivity contribution is 0.187. The second-order valence-corrected chi connectivity index (χ2v) is 4.38. The molecular weight excluding hydrogens is 282 g/mol. The molecule has 1 unspecified atom stereocenters. The molecule has 0 saturated heterocycles. The predicted octanol–water partition coefficient (Wildman–Crippen LogP) is 1.43. The van der Waals surface area contributed by atoms with Gasteiger partial charge in [-0.15, -0.1) is 0 Å². The van der Waals surface area contributed by atoms with E-state index >= 15 is 0 Å². The summed E-state index contributed by atoms with van der Waals surface area (Å²) in [5, 5.41) is 4.43. The van der Waals surface area contributed by atoms with Gasteiger partial charge in [0.25, 0.3) is 0 Å². The number of ether oxygens (including phenoxy) is 1. The molecule has 0 saturated carbocycles. The van der Waals surface area contributed by atoms with Gasteiger partial charge in [-0.05, 0) is 12.1 Å². The first-order valence-corrected chi connectivity index (χ1v) is 6.32. The summed E-state index contributed by atoms with van der Waals surface area (Å²) in [5.74, 6) is -2.19. The Hall–Kier alpha value is -1.74. The molecule has 0 bridgehead atoms. The van der Waals surface area contributed by atoms with Crippen LogP contribution in [0.3, 0.4) is 0 Å². The Bertz CT molecular complexity index is 475. The third-order valence-corrected chi connectivity index (χ3v) is 2.58. The van der Waals surface area contributed by atoms with E-state index in [-0.39, 0.29) is 18.0 Å². The molecule has 0 aliphatic rings. The molecule has 0 heterocycles. The van der Waals surface area contributed by atoms with Crippen molar-refractivity contribution in [1.29, 1.82) is 0 Å². The molecule has 1 rings (SSSR count). The zero-order valence-electron chi connectivity index (χ0n) is 9.87. The number of halogens is 2. The molecule has 0 fully saturated rings. The van der Waals surface area contributed by atoms with Gasteiger partial charge in [-0.25, -0.2) is 13.6 Å². The van der Waals surface area contributed by atoms with Crippen molar-refractivity contribution in [1.82, 2.24) is 0 Å². The molecule has 1 aromatic rings. The summed E-state index contributed by atoms with van der Waals surface area (Å²) in [5.41, 5.74) is -0.569. The minimum Gasteiger partial charge on any atom is -0.772 e. The lowest BCUT2D eigenvalue weighted by Crippen LogP contribution is -2.14. The molecule has 9 heteroatoms. The van der Waals surface area contributed by atoms with Gasteiger partial charge in [0.05, 0.1) is 7.11 Å². The number of rotatable bonds is 5. The van der Waals surface area contributed by atoms with E-state index in [4.69, 9.17) is 0 Å². The highest BCUT2D eigenvalue weighted by molar-refractivity contribution is 7.79. The van der Waals surface area contributed by atoms with Crippen molar-refractivity contribution in [3.05, 3.63) is 23.8 Å². The second-order valence-electron chi connectivity index (χ2n) is 3.37. The van der Waals surface area contributed by atoms with Gasteiger partial charge in [-0.2, -0.15) is 0 Å². The fourth-order valence-corrected chi connectivity index (χ4v) is 1.51. The van der Waals surface area contributed by atoms with Gasteiger partial charge in [0.2, 0.25) is 0 Å². The minimum absolute atomic E-state index is 0.111. The quantitative estimate of drug-likeness (QED) is 0.802. The number of anilines is 2. The molecule has 0 aliphatic carbocycles. The number of methoxy groups -OCH3 is 1. The fraction of sp³-hybridized carbons (Fsp3) is 0.300. The fourth-order valence-electron chi connectivity index (χ4n) is 1.24. The number of nitrogens with one attached hydrogen (secondary N) is 2. The molecule has 19 heavy (non-hydrogen) atoms. The van der Waals surface area contributed by atoms with Crippen LogP contribution in [0.1, 0.15) is 0 Å². The van der Waals surface area contributed by atoms with Crippen LogP contribution in [0.5, 0.6) is 0 Å². The summed E-state index contributed by atoms with van der Waals surface area (Å²) in [4.78, 5) is 10.9. The molecule has 6 nitrogen and oxygen atoms in total. The van der Waals surface area contributed by atoms with Gasteiger partial charge in [-0.3, -0.25) is 9.53 Å². The van der Waals surface area contributed by atoms with Gasteiger partial charge in [-0.1, -0.05) is 11.1 Å². The largest absolute Gasteiger partial charge is 0.772 e. The van der Waals surface area contributed by atoms with Gasteiger partial charge < -0.3 is 14.6 Å². The van der Waals surface area contributed by atoms with Crippen molar-refractivity contribution < 1.29 is 27.1 Å². The lowest BCUT2D eigenvalue weighted by Gasteiger charge is -2.11. The molecule has 0 aromatic heterocycles. The number of hydrogen-bond acceptors (Lipinski definition) is 5. The zero-order valence-corrected chi connectivity index (χ0v) is 10.7. The molecule has 0 aliphatic heterocycles. The normalized spacial score (nSPS) is 11.8. The van der Waals surface area contributed by atoms with Crippen LogP contribution in [0.15, 0.2) is 12.1 Å². The van der Waals surface area contributed by atoms with Crippen LogP contribution in [0, 0.1) is 11.6 Å². The van der Waals surface area contributed by atoms with E-state index in [1.807, 2.05) is 0 Å². The minimum atomic E-state index is -2.30. The highest BCUT2D eigenvalue weighted by Crippen LogP contribution is 2.23. The van der Waals surface area contributed by atoms with Crippen molar-refractivity contribution in [2.24, 2.45) is 0 Å². The van der Waals surface area contributed by atoms with Crippen LogP contribution in [-0.2, 0) is 15.8 Å². The maximum atomic E-state index is 13.5. The monoisotopic (exact) mass is 293 g/mol. The average Bonchev–Trinajstić information content (AvgIpc) is 2.32. The van der Waals surface area contributed by atoms with E-state index in [1.54, 1.807) is 0 Å². The van der Waals surface area contributed by atoms with Crippen LogP contribution in [0.2, 0.25) is 0 Å². The van der Waals surface area contributed by atoms with Crippen molar-refractivity contribution in [2.75, 3.05) is 30.0 Å². The topological polar surface area (TPSA) is 90.5 Å². The summed E-state index contributed by atoms with van der Waals surface area (Å²) in [6.07, 6.45) is -0.860. The maximum absolute atomic E-state index is 13.5. The molecule has 1 atom stereocenters. The molecule has 1 aromatic carbocycles. The summed E-state index contributed by atoms with van der Waals surface area (Å²) >= 11 is -2.30. The highest BCUT2D eigenvalue weighted by Gasteiger charge is 2.12. The summed E-state index contributed by atoms with van der Waals surface area (Å²) < 4.78 is 51.9. The summed E-state index contributed by atoms with van der Waals surface area (Å²) in [7, 11) is 1.11. The molecule has 0 radical (unpaired) electrons.